The van der Waals surface area contributed by atoms with Gasteiger partial charge in [0.1, 0.15) is 0 Å². The Morgan fingerprint density at radius 3 is 2.53 bits per heavy atom. The molecule has 4 rings (SSSR count). The van der Waals surface area contributed by atoms with Gasteiger partial charge in [-0.1, -0.05) is 30.3 Å². The van der Waals surface area contributed by atoms with Gasteiger partial charge in [0.25, 0.3) is 17.0 Å². The number of carbonyl (C=O) groups is 1. The quantitative estimate of drug-likeness (QED) is 0.488. The molecule has 0 saturated heterocycles. The number of nitrogens with zero attached hydrogens (tertiary/aromatic N) is 3. The van der Waals surface area contributed by atoms with Crippen molar-refractivity contribution in [2.24, 2.45) is 0 Å². The van der Waals surface area contributed by atoms with Crippen molar-refractivity contribution in [1.82, 2.24) is 20.0 Å². The number of H-pyrrole nitrogens is 1. The Labute approximate surface area is 169 Å². The van der Waals surface area contributed by atoms with Crippen molar-refractivity contribution in [1.29, 1.82) is 0 Å². The van der Waals surface area contributed by atoms with E-state index in [0.29, 0.717) is 16.7 Å². The Balaban J connectivity index is 1.41. The van der Waals surface area contributed by atoms with Crippen molar-refractivity contribution in [3.8, 4) is 11.5 Å². The molecule has 152 valence electrons. The van der Waals surface area contributed by atoms with Crippen LogP contribution in [0.25, 0.3) is 22.2 Å². The molecule has 1 N–H and O–H groups in total. The van der Waals surface area contributed by atoms with Gasteiger partial charge < -0.3 is 9.15 Å². The van der Waals surface area contributed by atoms with Gasteiger partial charge in [-0.15, -0.1) is 10.2 Å². The average Bonchev–Trinajstić information content (AvgIpc) is 3.26. The number of hydrogen-bond donors (Lipinski definition) is 1. The second-order valence-corrected chi connectivity index (χ2v) is 6.64. The number of benzene rings is 2. The smallest absolute Gasteiger partial charge is 0.308 e. The van der Waals surface area contributed by atoms with Crippen LogP contribution in [0, 0.1) is 0 Å². The summed E-state index contributed by atoms with van der Waals surface area (Å²) in [6.45, 7) is 1.59. The second kappa shape index (κ2) is 8.16. The first kappa shape index (κ1) is 19.3. The first-order valence-corrected chi connectivity index (χ1v) is 9.33. The molecule has 9 nitrogen and oxygen atoms in total. The number of esters is 1. The Kier molecular flexibility index (Phi) is 5.25. The normalized spacial score (nSPS) is 12.0. The minimum absolute atomic E-state index is 0.0242. The van der Waals surface area contributed by atoms with Crippen LogP contribution in [0.3, 0.4) is 0 Å². The molecule has 0 radical (unpaired) electrons. The van der Waals surface area contributed by atoms with Gasteiger partial charge in [-0.3, -0.25) is 19.5 Å². The molecule has 1 atom stereocenters. The lowest BCUT2D eigenvalue weighted by Crippen LogP contribution is -2.30. The molecule has 0 aliphatic carbocycles. The Morgan fingerprint density at radius 1 is 1.07 bits per heavy atom. The number of rotatable bonds is 6. The zero-order valence-corrected chi connectivity index (χ0v) is 16.1. The summed E-state index contributed by atoms with van der Waals surface area (Å²) in [4.78, 5) is 36.8. The van der Waals surface area contributed by atoms with Crippen LogP contribution in [0.1, 0.15) is 25.3 Å². The fourth-order valence-electron chi connectivity index (χ4n) is 3.01. The zero-order valence-electron chi connectivity index (χ0n) is 16.1. The third-order valence-electron chi connectivity index (χ3n) is 4.54. The topological polar surface area (TPSA) is 120 Å². The van der Waals surface area contributed by atoms with Gasteiger partial charge in [-0.25, -0.2) is 4.68 Å². The molecule has 0 saturated carbocycles. The molecule has 2 heterocycles. The number of carbonyl (C=O) groups excluding carboxylic acids is 1. The highest BCUT2D eigenvalue weighted by Crippen LogP contribution is 2.22. The summed E-state index contributed by atoms with van der Waals surface area (Å²) in [5.41, 5.74) is -0.0175. The van der Waals surface area contributed by atoms with Crippen molar-refractivity contribution in [3.05, 3.63) is 81.2 Å². The molecule has 0 aliphatic heterocycles. The van der Waals surface area contributed by atoms with E-state index in [1.54, 1.807) is 31.2 Å². The number of aromatic nitrogens is 4. The van der Waals surface area contributed by atoms with Crippen LogP contribution in [0.2, 0.25) is 0 Å². The summed E-state index contributed by atoms with van der Waals surface area (Å²) in [7, 11) is 0. The molecule has 0 fully saturated rings. The maximum absolute atomic E-state index is 12.5. The van der Waals surface area contributed by atoms with Crippen LogP contribution in [-0.2, 0) is 16.1 Å². The number of aryl methyl sites for hydroxylation is 1. The van der Waals surface area contributed by atoms with Crippen molar-refractivity contribution in [2.75, 3.05) is 0 Å². The Bertz CT molecular complexity index is 1310. The van der Waals surface area contributed by atoms with Crippen molar-refractivity contribution in [2.45, 2.75) is 26.0 Å². The zero-order chi connectivity index (χ0) is 21.1. The van der Waals surface area contributed by atoms with Crippen molar-refractivity contribution >= 4 is 16.7 Å². The van der Waals surface area contributed by atoms with E-state index in [4.69, 9.17) is 9.15 Å². The van der Waals surface area contributed by atoms with E-state index < -0.39 is 17.6 Å². The average molecular weight is 406 g/mol. The maximum Gasteiger partial charge on any atom is 0.308 e. The molecule has 4 aromatic rings. The summed E-state index contributed by atoms with van der Waals surface area (Å²) in [5.74, 6) is -0.0739. The largest absolute Gasteiger partial charge is 0.453 e. The van der Waals surface area contributed by atoms with Gasteiger partial charge >= 0.3 is 5.97 Å². The number of aromatic amines is 1. The van der Waals surface area contributed by atoms with Gasteiger partial charge in [0.05, 0.1) is 23.7 Å². The summed E-state index contributed by atoms with van der Waals surface area (Å²) < 4.78 is 12.0. The lowest BCUT2D eigenvalue weighted by molar-refractivity contribution is -0.150. The molecule has 0 aliphatic rings. The summed E-state index contributed by atoms with van der Waals surface area (Å²) in [6.07, 6.45) is -0.868. The third kappa shape index (κ3) is 3.90. The van der Waals surface area contributed by atoms with Crippen LogP contribution in [-0.4, -0.2) is 25.9 Å². The first-order chi connectivity index (χ1) is 14.5. The van der Waals surface area contributed by atoms with Gasteiger partial charge in [-0.05, 0) is 31.2 Å². The van der Waals surface area contributed by atoms with Crippen LogP contribution in [0.4, 0.5) is 0 Å². The fourth-order valence-corrected chi connectivity index (χ4v) is 3.01. The van der Waals surface area contributed by atoms with E-state index in [9.17, 15) is 14.4 Å². The molecule has 30 heavy (non-hydrogen) atoms. The number of hydrogen-bond acceptors (Lipinski definition) is 7. The second-order valence-electron chi connectivity index (χ2n) is 6.64. The number of fused-ring (bicyclic) bond motifs is 1. The minimum atomic E-state index is -0.755. The molecule has 0 bridgehead atoms. The monoisotopic (exact) mass is 406 g/mol. The minimum Gasteiger partial charge on any atom is -0.453 e. The van der Waals surface area contributed by atoms with Crippen LogP contribution < -0.4 is 11.1 Å². The molecular formula is C21H18N4O5. The van der Waals surface area contributed by atoms with Crippen LogP contribution in [0.15, 0.2) is 68.6 Å². The molecule has 2 aromatic carbocycles. The highest BCUT2D eigenvalue weighted by molar-refractivity contribution is 5.80. The maximum atomic E-state index is 12.5. The molecule has 0 spiro atoms. The molecule has 9 heteroatoms. The standard InChI is InChI=1S/C21H18N4O5/c1-13(19-22-23-20(30-19)14-7-3-2-4-8-14)29-17(26)11-12-25-21(28)16-10-6-5-9-15(16)18(27)24-25/h2-10,13H,11-12H2,1H3,(H,24,27)/t13-/m0/s1. The van der Waals surface area contributed by atoms with E-state index in [1.807, 2.05) is 30.3 Å². The summed E-state index contributed by atoms with van der Waals surface area (Å²) in [6, 6.07) is 15.7. The predicted molar refractivity (Wildman–Crippen MR) is 108 cm³/mol. The van der Waals surface area contributed by atoms with E-state index in [-0.39, 0.29) is 24.4 Å². The molecule has 2 aromatic heterocycles. The van der Waals surface area contributed by atoms with Crippen molar-refractivity contribution < 1.29 is 13.9 Å². The Hall–Kier alpha value is -4.01. The van der Waals surface area contributed by atoms with E-state index in [1.165, 1.54) is 0 Å². The number of nitrogens with one attached hydrogen (secondary N) is 1. The van der Waals surface area contributed by atoms with Gasteiger partial charge in [0, 0.05) is 5.56 Å². The van der Waals surface area contributed by atoms with Gasteiger partial charge in [-0.2, -0.15) is 0 Å². The lowest BCUT2D eigenvalue weighted by Gasteiger charge is -2.10. The lowest BCUT2D eigenvalue weighted by atomic mass is 10.2. The SMILES string of the molecule is C[C@H](OC(=O)CCn1[nH]c(=O)c2ccccc2c1=O)c1nnc(-c2ccccc2)o1. The molecular weight excluding hydrogens is 388 g/mol. The summed E-state index contributed by atoms with van der Waals surface area (Å²) in [5, 5.41) is 11.0. The third-order valence-corrected chi connectivity index (χ3v) is 4.54. The summed E-state index contributed by atoms with van der Waals surface area (Å²) >= 11 is 0. The number of ether oxygens (including phenoxy) is 1. The van der Waals surface area contributed by atoms with E-state index in [0.717, 1.165) is 10.2 Å². The van der Waals surface area contributed by atoms with Crippen LogP contribution >= 0.6 is 0 Å². The highest BCUT2D eigenvalue weighted by Gasteiger charge is 2.19. The Morgan fingerprint density at radius 2 is 1.77 bits per heavy atom. The fraction of sp³-hybridized carbons (Fsp3) is 0.190. The highest BCUT2D eigenvalue weighted by atomic mass is 16.6. The molecule has 0 amide bonds. The van der Waals surface area contributed by atoms with Gasteiger partial charge in [0.2, 0.25) is 5.89 Å². The van der Waals surface area contributed by atoms with E-state index >= 15 is 0 Å². The van der Waals surface area contributed by atoms with Gasteiger partial charge in [0.15, 0.2) is 6.10 Å². The molecule has 0 unspecified atom stereocenters. The predicted octanol–water partition coefficient (Wildman–Crippen LogP) is 2.43. The van der Waals surface area contributed by atoms with Crippen LogP contribution in [0.5, 0.6) is 0 Å². The first-order valence-electron chi connectivity index (χ1n) is 9.33. The van der Waals surface area contributed by atoms with E-state index in [2.05, 4.69) is 15.3 Å². The van der Waals surface area contributed by atoms with Crippen molar-refractivity contribution in [3.63, 3.8) is 0 Å².